The van der Waals surface area contributed by atoms with Gasteiger partial charge in [-0.3, -0.25) is 20.1 Å². The second-order valence-electron chi connectivity index (χ2n) is 2.40. The van der Waals surface area contributed by atoms with E-state index in [9.17, 15) is 14.9 Å². The molecule has 1 aromatic rings. The fraction of sp³-hybridized carbons (Fsp3) is 0. The molecule has 0 aliphatic heterocycles. The summed E-state index contributed by atoms with van der Waals surface area (Å²) >= 11 is 5.53. The number of hydrogen-bond acceptors (Lipinski definition) is 4. The first kappa shape index (κ1) is 10.4. The third-order valence-electron chi connectivity index (χ3n) is 1.46. The third-order valence-corrected chi connectivity index (χ3v) is 1.68. The number of halogens is 1. The molecule has 0 aromatic heterocycles. The van der Waals surface area contributed by atoms with Crippen LogP contribution in [0.15, 0.2) is 18.2 Å². The molecule has 0 fully saturated rings. The van der Waals surface area contributed by atoms with Crippen molar-refractivity contribution >= 4 is 23.2 Å². The maximum atomic E-state index is 10.9. The van der Waals surface area contributed by atoms with Crippen molar-refractivity contribution in [1.29, 1.82) is 0 Å². The molecule has 2 N–H and O–H groups in total. The standard InChI is InChI=1S/C7H5ClN2O4/c8-5-1-4(7(11)9-12)2-6(3-5)10(13)14/h1-3,12H,(H,9,11). The number of benzene rings is 1. The van der Waals surface area contributed by atoms with E-state index in [1.54, 1.807) is 0 Å². The minimum absolute atomic E-state index is 0.0535. The van der Waals surface area contributed by atoms with Crippen LogP contribution in [0.1, 0.15) is 10.4 Å². The Kier molecular flexibility index (Phi) is 3.00. The van der Waals surface area contributed by atoms with E-state index in [0.717, 1.165) is 12.1 Å². The molecule has 0 saturated heterocycles. The second kappa shape index (κ2) is 4.03. The van der Waals surface area contributed by atoms with Crippen molar-refractivity contribution in [3.05, 3.63) is 38.9 Å². The molecule has 1 amide bonds. The van der Waals surface area contributed by atoms with E-state index in [1.807, 2.05) is 0 Å². The van der Waals surface area contributed by atoms with E-state index in [4.69, 9.17) is 16.8 Å². The van der Waals surface area contributed by atoms with Gasteiger partial charge in [-0.1, -0.05) is 11.6 Å². The van der Waals surface area contributed by atoms with Gasteiger partial charge < -0.3 is 0 Å². The quantitative estimate of drug-likeness (QED) is 0.444. The second-order valence-corrected chi connectivity index (χ2v) is 2.83. The van der Waals surface area contributed by atoms with E-state index < -0.39 is 10.8 Å². The lowest BCUT2D eigenvalue weighted by molar-refractivity contribution is -0.384. The molecule has 0 saturated carbocycles. The summed E-state index contributed by atoms with van der Waals surface area (Å²) < 4.78 is 0. The van der Waals surface area contributed by atoms with Crippen molar-refractivity contribution in [3.8, 4) is 0 Å². The number of nitro groups is 1. The topological polar surface area (TPSA) is 92.5 Å². The maximum Gasteiger partial charge on any atom is 0.274 e. The lowest BCUT2D eigenvalue weighted by Crippen LogP contribution is -2.18. The minimum atomic E-state index is -0.851. The van der Waals surface area contributed by atoms with Crippen LogP contribution >= 0.6 is 11.6 Å². The average molecular weight is 217 g/mol. The van der Waals surface area contributed by atoms with E-state index in [-0.39, 0.29) is 16.3 Å². The molecule has 6 nitrogen and oxygen atoms in total. The van der Waals surface area contributed by atoms with Gasteiger partial charge in [0.15, 0.2) is 0 Å². The molecule has 0 aliphatic rings. The van der Waals surface area contributed by atoms with Gasteiger partial charge in [0.25, 0.3) is 11.6 Å². The lowest BCUT2D eigenvalue weighted by atomic mass is 10.2. The van der Waals surface area contributed by atoms with Crippen LogP contribution in [0, 0.1) is 10.1 Å². The van der Waals surface area contributed by atoms with Crippen molar-refractivity contribution < 1.29 is 14.9 Å². The molecule has 74 valence electrons. The van der Waals surface area contributed by atoms with Gasteiger partial charge in [0.1, 0.15) is 0 Å². The summed E-state index contributed by atoms with van der Waals surface area (Å²) in [5, 5.41) is 18.7. The number of nitrogens with zero attached hydrogens (tertiary/aromatic N) is 1. The van der Waals surface area contributed by atoms with Crippen LogP contribution in [0.3, 0.4) is 0 Å². The summed E-state index contributed by atoms with van der Waals surface area (Å²) in [6.07, 6.45) is 0. The smallest absolute Gasteiger partial charge is 0.274 e. The normalized spacial score (nSPS) is 9.57. The highest BCUT2D eigenvalue weighted by molar-refractivity contribution is 6.31. The van der Waals surface area contributed by atoms with E-state index >= 15 is 0 Å². The summed E-state index contributed by atoms with van der Waals surface area (Å²) in [6, 6.07) is 3.33. The van der Waals surface area contributed by atoms with Gasteiger partial charge >= 0.3 is 0 Å². The monoisotopic (exact) mass is 216 g/mol. The predicted molar refractivity (Wildman–Crippen MR) is 47.4 cm³/mol. The molecule has 0 radical (unpaired) electrons. The van der Waals surface area contributed by atoms with Gasteiger partial charge in [0.05, 0.1) is 4.92 Å². The van der Waals surface area contributed by atoms with Crippen LogP contribution in [-0.2, 0) is 0 Å². The molecule has 1 aromatic carbocycles. The fourth-order valence-corrected chi connectivity index (χ4v) is 1.10. The van der Waals surface area contributed by atoms with Crippen molar-refractivity contribution in [2.24, 2.45) is 0 Å². The molecule has 7 heteroatoms. The van der Waals surface area contributed by atoms with E-state index in [2.05, 4.69) is 0 Å². The minimum Gasteiger partial charge on any atom is -0.288 e. The van der Waals surface area contributed by atoms with Gasteiger partial charge in [-0.2, -0.15) is 0 Å². The van der Waals surface area contributed by atoms with Crippen LogP contribution < -0.4 is 5.48 Å². The first-order valence-electron chi connectivity index (χ1n) is 3.44. The molecular weight excluding hydrogens is 212 g/mol. The van der Waals surface area contributed by atoms with Crippen molar-refractivity contribution in [3.63, 3.8) is 0 Å². The average Bonchev–Trinajstić information content (AvgIpc) is 2.15. The number of hydroxylamine groups is 1. The zero-order valence-electron chi connectivity index (χ0n) is 6.73. The van der Waals surface area contributed by atoms with Gasteiger partial charge in [0, 0.05) is 22.7 Å². The summed E-state index contributed by atoms with van der Waals surface area (Å²) in [5.41, 5.74) is 0.968. The zero-order valence-corrected chi connectivity index (χ0v) is 7.49. The third kappa shape index (κ3) is 2.18. The molecule has 0 bridgehead atoms. The predicted octanol–water partition coefficient (Wildman–Crippen LogP) is 1.37. The summed E-state index contributed by atoms with van der Waals surface area (Å²) in [6.45, 7) is 0. The van der Waals surface area contributed by atoms with Crippen LogP contribution in [0.25, 0.3) is 0 Å². The Bertz CT molecular complexity index is 393. The molecular formula is C7H5ClN2O4. The number of carbonyl (C=O) groups is 1. The van der Waals surface area contributed by atoms with Crippen molar-refractivity contribution in [1.82, 2.24) is 5.48 Å². The number of nitrogens with one attached hydrogen (secondary N) is 1. The molecule has 0 unspecified atom stereocenters. The van der Waals surface area contributed by atoms with E-state index in [1.165, 1.54) is 11.5 Å². The van der Waals surface area contributed by atoms with Gasteiger partial charge in [-0.25, -0.2) is 5.48 Å². The number of carbonyl (C=O) groups excluding carboxylic acids is 1. The Morgan fingerprint density at radius 2 is 2.14 bits per heavy atom. The SMILES string of the molecule is O=C(NO)c1cc(Cl)cc([N+](=O)[O-])c1. The van der Waals surface area contributed by atoms with Gasteiger partial charge in [-0.05, 0) is 6.07 Å². The molecule has 0 heterocycles. The van der Waals surface area contributed by atoms with Crippen LogP contribution in [-0.4, -0.2) is 16.0 Å². The van der Waals surface area contributed by atoms with Crippen molar-refractivity contribution in [2.75, 3.05) is 0 Å². The zero-order chi connectivity index (χ0) is 10.7. The first-order valence-corrected chi connectivity index (χ1v) is 3.82. The highest BCUT2D eigenvalue weighted by Gasteiger charge is 2.12. The number of nitro benzene ring substituents is 1. The van der Waals surface area contributed by atoms with Crippen LogP contribution in [0.4, 0.5) is 5.69 Å². The summed E-state index contributed by atoms with van der Waals surface area (Å²) in [4.78, 5) is 20.6. The maximum absolute atomic E-state index is 10.9. The van der Waals surface area contributed by atoms with Crippen LogP contribution in [0.5, 0.6) is 0 Å². The Labute approximate surface area is 83.2 Å². The molecule has 14 heavy (non-hydrogen) atoms. The fourth-order valence-electron chi connectivity index (χ4n) is 0.875. The number of hydrogen-bond donors (Lipinski definition) is 2. The van der Waals surface area contributed by atoms with Crippen LogP contribution in [0.2, 0.25) is 5.02 Å². The number of non-ortho nitro benzene ring substituents is 1. The van der Waals surface area contributed by atoms with Gasteiger partial charge in [0.2, 0.25) is 0 Å². The Morgan fingerprint density at radius 1 is 1.50 bits per heavy atom. The highest BCUT2D eigenvalue weighted by Crippen LogP contribution is 2.20. The molecule has 0 spiro atoms. The van der Waals surface area contributed by atoms with Crippen molar-refractivity contribution in [2.45, 2.75) is 0 Å². The molecule has 0 atom stereocenters. The number of rotatable bonds is 2. The number of amides is 1. The molecule has 0 aliphatic carbocycles. The Hall–Kier alpha value is -1.66. The Morgan fingerprint density at radius 3 is 2.64 bits per heavy atom. The largest absolute Gasteiger partial charge is 0.288 e. The lowest BCUT2D eigenvalue weighted by Gasteiger charge is -1.99. The molecule has 1 rings (SSSR count). The summed E-state index contributed by atoms with van der Waals surface area (Å²) in [5.74, 6) is -0.851. The van der Waals surface area contributed by atoms with Gasteiger partial charge in [-0.15, -0.1) is 0 Å². The summed E-state index contributed by atoms with van der Waals surface area (Å²) in [7, 11) is 0. The Balaban J connectivity index is 3.20. The van der Waals surface area contributed by atoms with E-state index in [0.29, 0.717) is 0 Å². The highest BCUT2D eigenvalue weighted by atomic mass is 35.5. The first-order chi connectivity index (χ1) is 6.54.